The van der Waals surface area contributed by atoms with E-state index in [-0.39, 0.29) is 11.7 Å². The van der Waals surface area contributed by atoms with Crippen molar-refractivity contribution < 1.29 is 4.74 Å². The average Bonchev–Trinajstić information content (AvgIpc) is 2.90. The Morgan fingerprint density at radius 2 is 2.40 bits per heavy atom. The summed E-state index contributed by atoms with van der Waals surface area (Å²) in [6.45, 7) is 4.63. The first-order chi connectivity index (χ1) is 9.69. The van der Waals surface area contributed by atoms with E-state index in [2.05, 4.69) is 14.9 Å². The minimum absolute atomic E-state index is 0.124. The molecule has 0 aliphatic carbocycles. The number of morpholine rings is 1. The number of H-pyrrole nitrogens is 1. The lowest BCUT2D eigenvalue weighted by molar-refractivity contribution is -0.0541. The van der Waals surface area contributed by atoms with Crippen LogP contribution in [0.5, 0.6) is 0 Å². The number of nitrogen functional groups attached to an aromatic ring is 1. The predicted octanol–water partition coefficient (Wildman–Crippen LogP) is 0.840. The summed E-state index contributed by atoms with van der Waals surface area (Å²) < 4.78 is 5.86. The van der Waals surface area contributed by atoms with Crippen molar-refractivity contribution >= 4 is 5.82 Å². The predicted molar refractivity (Wildman–Crippen MR) is 76.6 cm³/mol. The maximum atomic E-state index is 12.1. The van der Waals surface area contributed by atoms with Gasteiger partial charge in [-0.1, -0.05) is 13.3 Å². The number of nitrogens with one attached hydrogen (secondary N) is 1. The van der Waals surface area contributed by atoms with Crippen LogP contribution in [-0.4, -0.2) is 40.6 Å². The van der Waals surface area contributed by atoms with Crippen molar-refractivity contribution in [3.63, 3.8) is 0 Å². The Kier molecular flexibility index (Phi) is 3.76. The Labute approximate surface area is 118 Å². The molecule has 3 rings (SSSR count). The first kappa shape index (κ1) is 13.6. The number of hydrogen-bond donors (Lipinski definition) is 2. The molecule has 20 heavy (non-hydrogen) atoms. The summed E-state index contributed by atoms with van der Waals surface area (Å²) in [5.41, 5.74) is 6.39. The van der Waals surface area contributed by atoms with Crippen LogP contribution in [0.2, 0.25) is 0 Å². The lowest BCUT2D eigenvalue weighted by atomic mass is 10.1. The maximum absolute atomic E-state index is 12.1. The van der Waals surface area contributed by atoms with Crippen molar-refractivity contribution in [3.05, 3.63) is 21.7 Å². The standard InChI is InChI=1S/C14H22N4O2/c1-2-4-10-12(15)16-13(17-14(10)19)11-7-18-6-3-5-9(18)8-20-11/h9,11H,2-8H2,1H3,(H3,15,16,17,19). The third-order valence-corrected chi connectivity index (χ3v) is 4.26. The Morgan fingerprint density at radius 1 is 1.55 bits per heavy atom. The van der Waals surface area contributed by atoms with Gasteiger partial charge in [-0.15, -0.1) is 0 Å². The molecule has 2 fully saturated rings. The summed E-state index contributed by atoms with van der Waals surface area (Å²) in [6, 6.07) is 0.537. The third kappa shape index (κ3) is 2.45. The van der Waals surface area contributed by atoms with Gasteiger partial charge < -0.3 is 15.5 Å². The normalized spacial score (nSPS) is 26.6. The van der Waals surface area contributed by atoms with Crippen molar-refractivity contribution in [2.75, 3.05) is 25.4 Å². The first-order valence-corrected chi connectivity index (χ1v) is 7.43. The largest absolute Gasteiger partial charge is 0.383 e. The molecule has 1 aromatic rings. The lowest BCUT2D eigenvalue weighted by Crippen LogP contribution is -2.43. The highest BCUT2D eigenvalue weighted by atomic mass is 16.5. The highest BCUT2D eigenvalue weighted by molar-refractivity contribution is 5.38. The van der Waals surface area contributed by atoms with E-state index in [0.29, 0.717) is 36.3 Å². The molecule has 6 nitrogen and oxygen atoms in total. The van der Waals surface area contributed by atoms with Crippen LogP contribution in [-0.2, 0) is 11.2 Å². The number of aromatic amines is 1. The zero-order chi connectivity index (χ0) is 14.1. The summed E-state index contributed by atoms with van der Waals surface area (Å²) in [7, 11) is 0. The number of hydrogen-bond acceptors (Lipinski definition) is 5. The van der Waals surface area contributed by atoms with E-state index in [4.69, 9.17) is 10.5 Å². The Bertz CT molecular complexity index is 542. The van der Waals surface area contributed by atoms with Crippen molar-refractivity contribution in [3.8, 4) is 0 Å². The van der Waals surface area contributed by atoms with Gasteiger partial charge in [0, 0.05) is 12.6 Å². The summed E-state index contributed by atoms with van der Waals surface area (Å²) in [5, 5.41) is 0. The van der Waals surface area contributed by atoms with Gasteiger partial charge in [0.2, 0.25) is 0 Å². The van der Waals surface area contributed by atoms with Crippen LogP contribution in [0.1, 0.15) is 43.7 Å². The smallest absolute Gasteiger partial charge is 0.256 e. The van der Waals surface area contributed by atoms with Crippen molar-refractivity contribution in [2.45, 2.75) is 44.8 Å². The van der Waals surface area contributed by atoms with Gasteiger partial charge in [-0.25, -0.2) is 4.98 Å². The zero-order valence-corrected chi connectivity index (χ0v) is 11.9. The Hall–Kier alpha value is -1.40. The number of ether oxygens (including phenoxy) is 1. The van der Waals surface area contributed by atoms with Crippen LogP contribution in [0.4, 0.5) is 5.82 Å². The van der Waals surface area contributed by atoms with Gasteiger partial charge in [-0.3, -0.25) is 9.69 Å². The molecule has 0 spiro atoms. The Balaban J connectivity index is 1.82. The van der Waals surface area contributed by atoms with Crippen LogP contribution in [0.15, 0.2) is 4.79 Å². The van der Waals surface area contributed by atoms with Gasteiger partial charge in [0.15, 0.2) is 0 Å². The molecule has 3 heterocycles. The van der Waals surface area contributed by atoms with E-state index in [1.165, 1.54) is 12.8 Å². The van der Waals surface area contributed by atoms with E-state index in [0.717, 1.165) is 19.5 Å². The van der Waals surface area contributed by atoms with Crippen LogP contribution in [0, 0.1) is 0 Å². The van der Waals surface area contributed by atoms with Gasteiger partial charge in [0.25, 0.3) is 5.56 Å². The topological polar surface area (TPSA) is 84.2 Å². The molecule has 0 amide bonds. The fraction of sp³-hybridized carbons (Fsp3) is 0.714. The SMILES string of the molecule is CCCc1c(N)nc(C2CN3CCCC3CO2)[nH]c1=O. The summed E-state index contributed by atoms with van der Waals surface area (Å²) in [4.78, 5) is 21.7. The third-order valence-electron chi connectivity index (χ3n) is 4.26. The Morgan fingerprint density at radius 3 is 3.15 bits per heavy atom. The molecule has 3 N–H and O–H groups in total. The molecule has 2 aliphatic heterocycles. The van der Waals surface area contributed by atoms with Gasteiger partial charge in [-0.05, 0) is 25.8 Å². The molecule has 0 radical (unpaired) electrons. The van der Waals surface area contributed by atoms with E-state index in [1.54, 1.807) is 0 Å². The first-order valence-electron chi connectivity index (χ1n) is 7.43. The zero-order valence-electron chi connectivity index (χ0n) is 11.9. The highest BCUT2D eigenvalue weighted by Gasteiger charge is 2.34. The van der Waals surface area contributed by atoms with Crippen molar-refractivity contribution in [2.24, 2.45) is 0 Å². The molecule has 2 aliphatic rings. The van der Waals surface area contributed by atoms with Crippen LogP contribution in [0.25, 0.3) is 0 Å². The molecule has 0 aromatic carbocycles. The van der Waals surface area contributed by atoms with Crippen molar-refractivity contribution in [1.82, 2.24) is 14.9 Å². The second-order valence-corrected chi connectivity index (χ2v) is 5.68. The second kappa shape index (κ2) is 5.54. The van der Waals surface area contributed by atoms with Gasteiger partial charge in [-0.2, -0.15) is 0 Å². The van der Waals surface area contributed by atoms with Gasteiger partial charge in [0.05, 0.1) is 12.2 Å². The number of anilines is 1. The highest BCUT2D eigenvalue weighted by Crippen LogP contribution is 2.28. The molecule has 2 atom stereocenters. The molecular formula is C14H22N4O2. The number of aromatic nitrogens is 2. The minimum atomic E-state index is -0.171. The number of nitrogens with zero attached hydrogens (tertiary/aromatic N) is 2. The average molecular weight is 278 g/mol. The molecule has 2 saturated heterocycles. The summed E-state index contributed by atoms with van der Waals surface area (Å²) >= 11 is 0. The number of rotatable bonds is 3. The monoisotopic (exact) mass is 278 g/mol. The minimum Gasteiger partial charge on any atom is -0.383 e. The molecule has 1 aromatic heterocycles. The summed E-state index contributed by atoms with van der Waals surface area (Å²) in [5.74, 6) is 0.912. The molecule has 6 heteroatoms. The van der Waals surface area contributed by atoms with Gasteiger partial charge in [0.1, 0.15) is 17.7 Å². The van der Waals surface area contributed by atoms with E-state index in [9.17, 15) is 4.79 Å². The van der Waals surface area contributed by atoms with E-state index < -0.39 is 0 Å². The molecule has 110 valence electrons. The molecular weight excluding hydrogens is 256 g/mol. The van der Waals surface area contributed by atoms with Gasteiger partial charge >= 0.3 is 0 Å². The van der Waals surface area contributed by atoms with Crippen LogP contribution in [0.3, 0.4) is 0 Å². The van der Waals surface area contributed by atoms with E-state index >= 15 is 0 Å². The van der Waals surface area contributed by atoms with Crippen LogP contribution >= 0.6 is 0 Å². The van der Waals surface area contributed by atoms with E-state index in [1.807, 2.05) is 6.92 Å². The molecule has 2 unspecified atom stereocenters. The summed E-state index contributed by atoms with van der Waals surface area (Å²) in [6.07, 6.45) is 3.80. The lowest BCUT2D eigenvalue weighted by Gasteiger charge is -2.34. The quantitative estimate of drug-likeness (QED) is 0.856. The molecule has 0 saturated carbocycles. The fourth-order valence-corrected chi connectivity index (χ4v) is 3.16. The maximum Gasteiger partial charge on any atom is 0.256 e. The second-order valence-electron chi connectivity index (χ2n) is 5.68. The number of nitrogens with two attached hydrogens (primary N) is 1. The van der Waals surface area contributed by atoms with Crippen LogP contribution < -0.4 is 11.3 Å². The number of fused-ring (bicyclic) bond motifs is 1. The fourth-order valence-electron chi connectivity index (χ4n) is 3.16. The van der Waals surface area contributed by atoms with Crippen molar-refractivity contribution in [1.29, 1.82) is 0 Å². The molecule has 0 bridgehead atoms.